The SMILES string of the molecule is C[C@H](NP(=O)(OC[C@H]1O[C@@](C#N)(c2ccc3c(N)ncnn23)[C@H](O)[C@@H]1O)Oc1cccc2ccccc12)C(=O)OC1CCCCC1. The van der Waals surface area contributed by atoms with Gasteiger partial charge in [0.2, 0.25) is 5.60 Å². The van der Waals surface area contributed by atoms with Crippen molar-refractivity contribution in [2.75, 3.05) is 12.3 Å². The van der Waals surface area contributed by atoms with E-state index in [2.05, 4.69) is 15.2 Å². The van der Waals surface area contributed by atoms with E-state index in [-0.39, 0.29) is 23.4 Å². The summed E-state index contributed by atoms with van der Waals surface area (Å²) in [5.74, 6) is -0.260. The second-order valence-corrected chi connectivity index (χ2v) is 13.2. The maximum absolute atomic E-state index is 14.4. The number of aliphatic hydroxyl groups is 2. The van der Waals surface area contributed by atoms with Crippen LogP contribution in [0.15, 0.2) is 60.9 Å². The molecule has 46 heavy (non-hydrogen) atoms. The third-order valence-corrected chi connectivity index (χ3v) is 10.0. The van der Waals surface area contributed by atoms with Gasteiger partial charge in [-0.15, -0.1) is 0 Å². The average molecular weight is 651 g/mol. The Kier molecular flexibility index (Phi) is 8.98. The molecule has 2 aliphatic rings. The molecule has 6 rings (SSSR count). The maximum atomic E-state index is 14.4. The average Bonchev–Trinajstić information content (AvgIpc) is 3.61. The number of carbonyl (C=O) groups excluding carboxylic acids is 1. The zero-order chi connectivity index (χ0) is 32.5. The number of esters is 1. The maximum Gasteiger partial charge on any atom is 0.459 e. The van der Waals surface area contributed by atoms with Crippen LogP contribution in [0.2, 0.25) is 0 Å². The van der Waals surface area contributed by atoms with Gasteiger partial charge in [-0.05, 0) is 56.2 Å². The fourth-order valence-electron chi connectivity index (χ4n) is 5.96. The minimum absolute atomic E-state index is 0.0977. The highest BCUT2D eigenvalue weighted by Crippen LogP contribution is 2.48. The van der Waals surface area contributed by atoms with Crippen molar-refractivity contribution >= 4 is 35.8 Å². The van der Waals surface area contributed by atoms with Crippen LogP contribution >= 0.6 is 7.75 Å². The molecule has 2 aromatic carbocycles. The molecule has 0 bridgehead atoms. The number of hydrogen-bond acceptors (Lipinski definition) is 12. The first kappa shape index (κ1) is 31.9. The Morgan fingerprint density at radius 3 is 2.74 bits per heavy atom. The van der Waals surface area contributed by atoms with Gasteiger partial charge >= 0.3 is 13.7 Å². The molecule has 1 saturated carbocycles. The highest BCUT2D eigenvalue weighted by Gasteiger charge is 2.58. The van der Waals surface area contributed by atoms with Gasteiger partial charge in [-0.1, -0.05) is 42.8 Å². The van der Waals surface area contributed by atoms with E-state index in [1.165, 1.54) is 23.8 Å². The van der Waals surface area contributed by atoms with Crippen LogP contribution < -0.4 is 15.3 Å². The molecule has 1 saturated heterocycles. The molecule has 1 aliphatic heterocycles. The first-order valence-electron chi connectivity index (χ1n) is 15.1. The van der Waals surface area contributed by atoms with E-state index < -0.39 is 50.3 Å². The highest BCUT2D eigenvalue weighted by molar-refractivity contribution is 7.52. The van der Waals surface area contributed by atoms with Crippen LogP contribution in [0, 0.1) is 11.3 Å². The topological polar surface area (TPSA) is 204 Å². The summed E-state index contributed by atoms with van der Waals surface area (Å²) in [4.78, 5) is 17.0. The Labute approximate surface area is 264 Å². The summed E-state index contributed by atoms with van der Waals surface area (Å²) in [7, 11) is -4.41. The summed E-state index contributed by atoms with van der Waals surface area (Å²) in [5.41, 5.74) is 4.31. The van der Waals surface area contributed by atoms with Crippen molar-refractivity contribution in [3.8, 4) is 11.8 Å². The molecular formula is C31H35N6O8P. The van der Waals surface area contributed by atoms with Crippen molar-refractivity contribution in [2.24, 2.45) is 0 Å². The molecule has 5 N–H and O–H groups in total. The van der Waals surface area contributed by atoms with E-state index in [1.54, 1.807) is 30.3 Å². The minimum Gasteiger partial charge on any atom is -0.461 e. The number of aromatic nitrogens is 3. The summed E-state index contributed by atoms with van der Waals surface area (Å²) in [5, 5.41) is 40.7. The smallest absolute Gasteiger partial charge is 0.459 e. The van der Waals surface area contributed by atoms with Gasteiger partial charge in [-0.25, -0.2) is 14.1 Å². The number of nitrogens with zero attached hydrogens (tertiary/aromatic N) is 4. The van der Waals surface area contributed by atoms with E-state index in [1.807, 2.05) is 24.3 Å². The molecule has 0 radical (unpaired) electrons. The van der Waals surface area contributed by atoms with Crippen LogP contribution in [0.3, 0.4) is 0 Å². The molecule has 3 heterocycles. The lowest BCUT2D eigenvalue weighted by Gasteiger charge is -2.27. The van der Waals surface area contributed by atoms with Gasteiger partial charge in [0.05, 0.1) is 12.3 Å². The normalized spacial score (nSPS) is 25.6. The van der Waals surface area contributed by atoms with Crippen LogP contribution in [-0.2, 0) is 29.0 Å². The highest BCUT2D eigenvalue weighted by atomic mass is 31.2. The Hall–Kier alpha value is -4.09. The molecule has 14 nitrogen and oxygen atoms in total. The first-order valence-corrected chi connectivity index (χ1v) is 16.6. The second kappa shape index (κ2) is 13.0. The standard InChI is InChI=1S/C31H35N6O8P/c1-19(30(40)43-21-10-3-2-4-11-21)36-46(41,45-24-13-7-9-20-8-5-6-12-22(20)24)42-16-25-27(38)28(39)31(17-32,44-25)26-15-14-23-29(33)34-18-35-37(23)26/h5-9,12-15,18-19,21,25,27-28,38-39H,2-4,10-11,16H2,1H3,(H,36,41)(H2,33,34,35)/t19-,25+,27+,28+,31-,46?/m0/s1. The molecule has 4 aromatic rings. The van der Waals surface area contributed by atoms with Crippen molar-refractivity contribution in [3.63, 3.8) is 0 Å². The molecule has 2 fully saturated rings. The van der Waals surface area contributed by atoms with E-state index in [9.17, 15) is 24.8 Å². The molecule has 242 valence electrons. The van der Waals surface area contributed by atoms with Gasteiger partial charge in [0.25, 0.3) is 0 Å². The number of benzene rings is 2. The summed E-state index contributed by atoms with van der Waals surface area (Å²) in [6, 6.07) is 16.4. The van der Waals surface area contributed by atoms with Crippen molar-refractivity contribution in [3.05, 3.63) is 66.6 Å². The quantitative estimate of drug-likeness (QED) is 0.144. The van der Waals surface area contributed by atoms with Crippen LogP contribution in [0.25, 0.3) is 16.3 Å². The Balaban J connectivity index is 1.25. The number of anilines is 1. The third-order valence-electron chi connectivity index (χ3n) is 8.40. The van der Waals surface area contributed by atoms with Gasteiger partial charge in [0.1, 0.15) is 54.1 Å². The second-order valence-electron chi connectivity index (χ2n) is 11.5. The number of rotatable bonds is 10. The number of fused-ring (bicyclic) bond motifs is 2. The van der Waals surface area contributed by atoms with Crippen molar-refractivity contribution in [1.82, 2.24) is 19.7 Å². The molecule has 1 aliphatic carbocycles. The van der Waals surface area contributed by atoms with Gasteiger partial charge in [-0.2, -0.15) is 15.4 Å². The lowest BCUT2D eigenvalue weighted by molar-refractivity contribution is -0.152. The number of carbonyl (C=O) groups is 1. The number of nitrogens with two attached hydrogens (primary N) is 1. The lowest BCUT2D eigenvalue weighted by atomic mass is 9.92. The monoisotopic (exact) mass is 650 g/mol. The lowest BCUT2D eigenvalue weighted by Crippen LogP contribution is -2.41. The van der Waals surface area contributed by atoms with Crippen LogP contribution in [0.5, 0.6) is 5.75 Å². The summed E-state index contributed by atoms with van der Waals surface area (Å²) >= 11 is 0. The predicted octanol–water partition coefficient (Wildman–Crippen LogP) is 3.36. The van der Waals surface area contributed by atoms with Crippen LogP contribution in [-0.4, -0.2) is 67.8 Å². The van der Waals surface area contributed by atoms with Gasteiger partial charge in [0, 0.05) is 5.39 Å². The summed E-state index contributed by atoms with van der Waals surface area (Å²) in [6.07, 6.45) is 0.734. The van der Waals surface area contributed by atoms with Gasteiger partial charge < -0.3 is 29.9 Å². The minimum atomic E-state index is -4.41. The number of hydrogen-bond donors (Lipinski definition) is 4. The number of ether oxygens (including phenoxy) is 2. The molecular weight excluding hydrogens is 615 g/mol. The summed E-state index contributed by atoms with van der Waals surface area (Å²) in [6.45, 7) is 0.895. The van der Waals surface area contributed by atoms with E-state index >= 15 is 0 Å². The number of nitriles is 1. The fourth-order valence-corrected chi connectivity index (χ4v) is 7.48. The van der Waals surface area contributed by atoms with Crippen LogP contribution in [0.1, 0.15) is 44.7 Å². The molecule has 0 spiro atoms. The van der Waals surface area contributed by atoms with Crippen molar-refractivity contribution in [2.45, 2.75) is 75.1 Å². The van der Waals surface area contributed by atoms with E-state index in [4.69, 9.17) is 24.3 Å². The summed E-state index contributed by atoms with van der Waals surface area (Å²) < 4.78 is 39.1. The molecule has 6 atom stereocenters. The molecule has 2 aromatic heterocycles. The fraction of sp³-hybridized carbons (Fsp3) is 0.419. The van der Waals surface area contributed by atoms with E-state index in [0.29, 0.717) is 10.9 Å². The Morgan fingerprint density at radius 1 is 1.20 bits per heavy atom. The predicted molar refractivity (Wildman–Crippen MR) is 165 cm³/mol. The van der Waals surface area contributed by atoms with Crippen LogP contribution in [0.4, 0.5) is 5.82 Å². The Bertz CT molecular complexity index is 1820. The number of nitrogen functional groups attached to an aromatic ring is 1. The third kappa shape index (κ3) is 6.05. The zero-order valence-corrected chi connectivity index (χ0v) is 26.0. The van der Waals surface area contributed by atoms with Crippen molar-refractivity contribution in [1.29, 1.82) is 5.26 Å². The van der Waals surface area contributed by atoms with Gasteiger partial charge in [-0.3, -0.25) is 9.32 Å². The van der Waals surface area contributed by atoms with E-state index in [0.717, 1.165) is 37.5 Å². The first-order chi connectivity index (χ1) is 22.1. The molecule has 1 unspecified atom stereocenters. The zero-order valence-electron chi connectivity index (χ0n) is 25.1. The Morgan fingerprint density at radius 2 is 1.96 bits per heavy atom. The molecule has 15 heteroatoms. The number of aliphatic hydroxyl groups excluding tert-OH is 2. The largest absolute Gasteiger partial charge is 0.461 e. The number of nitrogens with one attached hydrogen (secondary N) is 1. The van der Waals surface area contributed by atoms with Crippen molar-refractivity contribution < 1.29 is 38.1 Å². The van der Waals surface area contributed by atoms with Gasteiger partial charge in [0.15, 0.2) is 5.82 Å². The molecule has 0 amide bonds.